The highest BCUT2D eigenvalue weighted by Gasteiger charge is 2.53. The van der Waals surface area contributed by atoms with Crippen LogP contribution in [0, 0.1) is 0 Å². The zero-order valence-corrected chi connectivity index (χ0v) is 20.0. The Morgan fingerprint density at radius 1 is 1.06 bits per heavy atom. The Hall–Kier alpha value is -2.94. The first kappa shape index (κ1) is 23.8. The molecule has 1 saturated heterocycles. The van der Waals surface area contributed by atoms with Crippen molar-refractivity contribution in [3.05, 3.63) is 59.7 Å². The number of amides is 1. The number of piperidine rings is 1. The molecule has 2 fully saturated rings. The van der Waals surface area contributed by atoms with Gasteiger partial charge < -0.3 is 25.3 Å². The van der Waals surface area contributed by atoms with E-state index in [-0.39, 0.29) is 5.78 Å². The molecule has 1 saturated carbocycles. The van der Waals surface area contributed by atoms with Crippen LogP contribution < -0.4 is 21.1 Å². The van der Waals surface area contributed by atoms with Crippen LogP contribution in [0.4, 0.5) is 10.5 Å². The zero-order chi connectivity index (χ0) is 24.5. The van der Waals surface area contributed by atoms with Crippen molar-refractivity contribution in [2.24, 2.45) is 5.73 Å². The maximum atomic E-state index is 13.7. The minimum Gasteiger partial charge on any atom is -0.496 e. The van der Waals surface area contributed by atoms with Crippen molar-refractivity contribution in [2.75, 3.05) is 19.0 Å². The third-order valence-electron chi connectivity index (χ3n) is 7.47. The van der Waals surface area contributed by atoms with Crippen LogP contribution in [0.2, 0.25) is 0 Å². The summed E-state index contributed by atoms with van der Waals surface area (Å²) in [5.41, 5.74) is 7.04. The van der Waals surface area contributed by atoms with Gasteiger partial charge in [0.25, 0.3) is 0 Å². The third-order valence-corrected chi connectivity index (χ3v) is 7.47. The molecule has 2 aromatic rings. The summed E-state index contributed by atoms with van der Waals surface area (Å²) in [6.07, 6.45) is 4.19. The van der Waals surface area contributed by atoms with E-state index in [4.69, 9.17) is 19.9 Å². The molecule has 4 N–H and O–H groups in total. The van der Waals surface area contributed by atoms with Gasteiger partial charge in [-0.1, -0.05) is 36.8 Å². The maximum Gasteiger partial charge on any atom is 0.412 e. The van der Waals surface area contributed by atoms with Gasteiger partial charge in [-0.05, 0) is 56.8 Å². The number of hydrogen-bond acceptors (Lipinski definition) is 7. The number of Topliss-reactive ketones (excluding diaryl/α,β-unsaturated/α-hetero) is 1. The number of ketones is 1. The highest BCUT2D eigenvalue weighted by molar-refractivity contribution is 6.02. The monoisotopic (exact) mass is 479 g/mol. The number of carbonyl (C=O) groups excluding carboxylic acids is 2. The predicted molar refractivity (Wildman–Crippen MR) is 131 cm³/mol. The lowest BCUT2D eigenvalue weighted by molar-refractivity contribution is -0.224. The van der Waals surface area contributed by atoms with Gasteiger partial charge in [0.05, 0.1) is 24.4 Å². The summed E-state index contributed by atoms with van der Waals surface area (Å²) in [4.78, 5) is 26.3. The average molecular weight is 480 g/mol. The number of hydrogen-bond donors (Lipinski definition) is 3. The number of nitrogens with two attached hydrogens (primary N) is 1. The first-order chi connectivity index (χ1) is 16.9. The normalized spacial score (nSPS) is 27.8. The van der Waals surface area contributed by atoms with Crippen molar-refractivity contribution in [3.63, 3.8) is 0 Å². The highest BCUT2D eigenvalue weighted by Crippen LogP contribution is 2.48. The average Bonchev–Trinajstić information content (AvgIpc) is 2.88. The standard InChI is InChI=1S/C27H33N3O5/c1-33-22-12-6-4-10-19(22)23(31)21-17-26(15-16-29-21,35-27(28)13-7-2-8-14-27)24-18-9-3-5-11-20(18)30-25(32)34-24/h3-6,9-12,21,24,29H,2,7-8,13-17,28H2,1H3,(H,30,32)/t21-,24?,26+/m0/s1. The molecule has 0 radical (unpaired) electrons. The molecule has 1 unspecified atom stereocenters. The largest absolute Gasteiger partial charge is 0.496 e. The molecule has 186 valence electrons. The molecule has 3 atom stereocenters. The van der Waals surface area contributed by atoms with Crippen molar-refractivity contribution >= 4 is 17.6 Å². The molecule has 0 aromatic heterocycles. The van der Waals surface area contributed by atoms with Crippen molar-refractivity contribution in [1.29, 1.82) is 0 Å². The van der Waals surface area contributed by atoms with Gasteiger partial charge >= 0.3 is 6.09 Å². The van der Waals surface area contributed by atoms with Gasteiger partial charge in [-0.2, -0.15) is 0 Å². The van der Waals surface area contributed by atoms with Gasteiger partial charge in [0.1, 0.15) is 17.1 Å². The summed E-state index contributed by atoms with van der Waals surface area (Å²) in [7, 11) is 1.56. The van der Waals surface area contributed by atoms with E-state index in [0.717, 1.165) is 37.7 Å². The fourth-order valence-electron chi connectivity index (χ4n) is 5.78. The van der Waals surface area contributed by atoms with Crippen molar-refractivity contribution in [3.8, 4) is 5.75 Å². The second-order valence-electron chi connectivity index (χ2n) is 9.82. The summed E-state index contributed by atoms with van der Waals surface area (Å²) in [5.74, 6) is 0.441. The minimum atomic E-state index is -0.965. The van der Waals surface area contributed by atoms with Crippen molar-refractivity contribution in [1.82, 2.24) is 5.32 Å². The van der Waals surface area contributed by atoms with Gasteiger partial charge in [-0.25, -0.2) is 4.79 Å². The number of para-hydroxylation sites is 2. The fourth-order valence-corrected chi connectivity index (χ4v) is 5.78. The summed E-state index contributed by atoms with van der Waals surface area (Å²) in [6, 6.07) is 14.2. The Morgan fingerprint density at radius 2 is 1.80 bits per heavy atom. The number of fused-ring (bicyclic) bond motifs is 1. The Labute approximate surface area is 205 Å². The van der Waals surface area contributed by atoms with Crippen LogP contribution in [0.5, 0.6) is 5.75 Å². The van der Waals surface area contributed by atoms with Crippen LogP contribution in [0.15, 0.2) is 48.5 Å². The maximum absolute atomic E-state index is 13.7. The Morgan fingerprint density at radius 3 is 2.60 bits per heavy atom. The molecule has 3 aliphatic rings. The van der Waals surface area contributed by atoms with Crippen LogP contribution in [0.25, 0.3) is 0 Å². The molecule has 5 rings (SSSR count). The molecule has 1 aliphatic carbocycles. The number of anilines is 1. The van der Waals surface area contributed by atoms with Crippen LogP contribution >= 0.6 is 0 Å². The number of benzene rings is 2. The molecule has 1 amide bonds. The Kier molecular flexibility index (Phi) is 6.53. The van der Waals surface area contributed by atoms with E-state index in [1.807, 2.05) is 36.4 Å². The van der Waals surface area contributed by atoms with E-state index in [9.17, 15) is 9.59 Å². The summed E-state index contributed by atoms with van der Waals surface area (Å²) in [6.45, 7) is 0.519. The van der Waals surface area contributed by atoms with Crippen LogP contribution in [-0.2, 0) is 9.47 Å². The summed E-state index contributed by atoms with van der Waals surface area (Å²) >= 11 is 0. The fraction of sp³-hybridized carbons (Fsp3) is 0.481. The van der Waals surface area contributed by atoms with E-state index in [1.54, 1.807) is 19.2 Å². The SMILES string of the molecule is COc1ccccc1C(=O)[C@@H]1C[C@@](OC2(N)CCCCC2)(C2OC(=O)Nc3ccccc32)CCN1. The van der Waals surface area contributed by atoms with Crippen LogP contribution in [0.3, 0.4) is 0 Å². The molecular formula is C27H33N3O5. The van der Waals surface area contributed by atoms with Gasteiger partial charge in [0.2, 0.25) is 0 Å². The molecule has 0 spiro atoms. The molecular weight excluding hydrogens is 446 g/mol. The molecule has 2 aromatic carbocycles. The second-order valence-corrected chi connectivity index (χ2v) is 9.82. The number of methoxy groups -OCH3 is 1. The molecule has 8 nitrogen and oxygen atoms in total. The van der Waals surface area contributed by atoms with Gasteiger partial charge in [0, 0.05) is 12.0 Å². The zero-order valence-electron chi connectivity index (χ0n) is 20.0. The molecule has 0 bridgehead atoms. The lowest BCUT2D eigenvalue weighted by Crippen LogP contribution is -2.61. The second kappa shape index (κ2) is 9.60. The Balaban J connectivity index is 1.54. The summed E-state index contributed by atoms with van der Waals surface area (Å²) < 4.78 is 18.2. The topological polar surface area (TPSA) is 112 Å². The first-order valence-corrected chi connectivity index (χ1v) is 12.4. The third kappa shape index (κ3) is 4.66. The van der Waals surface area contributed by atoms with E-state index >= 15 is 0 Å². The van der Waals surface area contributed by atoms with Gasteiger partial charge in [-0.3, -0.25) is 10.1 Å². The van der Waals surface area contributed by atoms with Crippen LogP contribution in [0.1, 0.15) is 67.0 Å². The number of nitrogens with one attached hydrogen (secondary N) is 2. The molecule has 35 heavy (non-hydrogen) atoms. The molecule has 8 heteroatoms. The highest BCUT2D eigenvalue weighted by atomic mass is 16.6. The number of rotatable bonds is 6. The Bertz CT molecular complexity index is 1100. The lowest BCUT2D eigenvalue weighted by atomic mass is 9.76. The predicted octanol–water partition coefficient (Wildman–Crippen LogP) is 4.31. The number of carbonyl (C=O) groups is 2. The van der Waals surface area contributed by atoms with Crippen molar-refractivity contribution in [2.45, 2.75) is 68.4 Å². The van der Waals surface area contributed by atoms with Gasteiger partial charge in [-0.15, -0.1) is 0 Å². The number of ether oxygens (including phenoxy) is 3. The van der Waals surface area contributed by atoms with E-state index < -0.39 is 29.6 Å². The molecule has 2 aliphatic heterocycles. The smallest absolute Gasteiger partial charge is 0.412 e. The van der Waals surface area contributed by atoms with E-state index in [0.29, 0.717) is 36.4 Å². The van der Waals surface area contributed by atoms with Crippen molar-refractivity contribution < 1.29 is 23.8 Å². The van der Waals surface area contributed by atoms with Crippen LogP contribution in [-0.4, -0.2) is 42.9 Å². The summed E-state index contributed by atoms with van der Waals surface area (Å²) in [5, 5.41) is 6.15. The quantitative estimate of drug-likeness (QED) is 0.418. The minimum absolute atomic E-state index is 0.0848. The lowest BCUT2D eigenvalue weighted by Gasteiger charge is -2.51. The van der Waals surface area contributed by atoms with E-state index in [2.05, 4.69) is 10.6 Å². The molecule has 2 heterocycles. The first-order valence-electron chi connectivity index (χ1n) is 12.4. The van der Waals surface area contributed by atoms with E-state index in [1.165, 1.54) is 0 Å². The van der Waals surface area contributed by atoms with Gasteiger partial charge in [0.15, 0.2) is 11.9 Å². The number of cyclic esters (lactones) is 1.